The van der Waals surface area contributed by atoms with Gasteiger partial charge in [-0.05, 0) is 51.1 Å². The fraction of sp³-hybridized carbons (Fsp3) is 0.611. The SMILES string of the molecule is CCNC(=NCc1ccc(C)c(F)c1)NCCCN(C)CCOC.I. The molecular weight excluding hydrogens is 434 g/mol. The Morgan fingerprint density at radius 2 is 2.04 bits per heavy atom. The number of benzene rings is 1. The summed E-state index contributed by atoms with van der Waals surface area (Å²) in [5.74, 6) is 0.581. The van der Waals surface area contributed by atoms with E-state index >= 15 is 0 Å². The minimum absolute atomic E-state index is 0. The van der Waals surface area contributed by atoms with E-state index in [1.807, 2.05) is 13.0 Å². The maximum absolute atomic E-state index is 13.6. The van der Waals surface area contributed by atoms with E-state index in [1.165, 1.54) is 0 Å². The molecule has 7 heteroatoms. The van der Waals surface area contributed by atoms with Crippen molar-refractivity contribution in [2.75, 3.05) is 46.9 Å². The van der Waals surface area contributed by atoms with Crippen molar-refractivity contribution in [3.8, 4) is 0 Å². The van der Waals surface area contributed by atoms with Crippen LogP contribution in [-0.2, 0) is 11.3 Å². The number of likely N-dealkylation sites (N-methyl/N-ethyl adjacent to an activating group) is 1. The zero-order chi connectivity index (χ0) is 17.8. The summed E-state index contributed by atoms with van der Waals surface area (Å²) in [5.41, 5.74) is 1.53. The first-order chi connectivity index (χ1) is 11.6. The number of aliphatic imine (C=N–C) groups is 1. The van der Waals surface area contributed by atoms with Crippen molar-refractivity contribution in [2.24, 2.45) is 4.99 Å². The molecule has 0 amide bonds. The molecule has 0 aliphatic carbocycles. The van der Waals surface area contributed by atoms with Gasteiger partial charge in [-0.2, -0.15) is 0 Å². The van der Waals surface area contributed by atoms with Gasteiger partial charge in [0, 0.05) is 26.7 Å². The second-order valence-electron chi connectivity index (χ2n) is 5.86. The highest BCUT2D eigenvalue weighted by atomic mass is 127. The molecule has 5 nitrogen and oxygen atoms in total. The molecule has 0 saturated carbocycles. The molecule has 0 spiro atoms. The molecule has 0 aliphatic rings. The topological polar surface area (TPSA) is 48.9 Å². The Hall–Kier alpha value is -0.930. The standard InChI is InChI=1S/C18H31FN4O.HI/c1-5-20-18(21-9-6-10-23(3)11-12-24-4)22-14-16-8-7-15(2)17(19)13-16;/h7-8,13H,5-6,9-12,14H2,1-4H3,(H2,20,21,22);1H. The highest BCUT2D eigenvalue weighted by Crippen LogP contribution is 2.09. The van der Waals surface area contributed by atoms with Crippen molar-refractivity contribution in [1.29, 1.82) is 0 Å². The van der Waals surface area contributed by atoms with E-state index in [0.29, 0.717) is 12.1 Å². The van der Waals surface area contributed by atoms with Crippen LogP contribution in [0.25, 0.3) is 0 Å². The molecule has 144 valence electrons. The number of ether oxygens (including phenoxy) is 1. The largest absolute Gasteiger partial charge is 0.383 e. The van der Waals surface area contributed by atoms with Gasteiger partial charge in [0.05, 0.1) is 13.2 Å². The third-order valence-corrected chi connectivity index (χ3v) is 3.69. The number of methoxy groups -OCH3 is 1. The van der Waals surface area contributed by atoms with Crippen molar-refractivity contribution in [3.05, 3.63) is 35.1 Å². The van der Waals surface area contributed by atoms with Crippen LogP contribution in [0.5, 0.6) is 0 Å². The Balaban J connectivity index is 0.00000576. The molecule has 0 fully saturated rings. The van der Waals surface area contributed by atoms with Crippen LogP contribution in [0.2, 0.25) is 0 Å². The smallest absolute Gasteiger partial charge is 0.191 e. The van der Waals surface area contributed by atoms with Crippen molar-refractivity contribution >= 4 is 29.9 Å². The lowest BCUT2D eigenvalue weighted by atomic mass is 10.1. The van der Waals surface area contributed by atoms with E-state index in [-0.39, 0.29) is 29.8 Å². The van der Waals surface area contributed by atoms with Crippen LogP contribution in [0.15, 0.2) is 23.2 Å². The molecule has 1 aromatic carbocycles. The van der Waals surface area contributed by atoms with Crippen LogP contribution in [-0.4, -0.2) is 57.8 Å². The molecule has 2 N–H and O–H groups in total. The lowest BCUT2D eigenvalue weighted by Gasteiger charge is -2.17. The Morgan fingerprint density at radius 1 is 1.28 bits per heavy atom. The molecule has 0 radical (unpaired) electrons. The quantitative estimate of drug-likeness (QED) is 0.241. The van der Waals surface area contributed by atoms with Crippen LogP contribution in [0, 0.1) is 12.7 Å². The van der Waals surface area contributed by atoms with Crippen molar-refractivity contribution < 1.29 is 9.13 Å². The van der Waals surface area contributed by atoms with Crippen LogP contribution in [0.3, 0.4) is 0 Å². The first kappa shape index (κ1) is 24.1. The maximum Gasteiger partial charge on any atom is 0.191 e. The van der Waals surface area contributed by atoms with Gasteiger partial charge < -0.3 is 20.3 Å². The van der Waals surface area contributed by atoms with Gasteiger partial charge in [0.15, 0.2) is 5.96 Å². The van der Waals surface area contributed by atoms with Crippen molar-refractivity contribution in [2.45, 2.75) is 26.8 Å². The maximum atomic E-state index is 13.6. The molecule has 0 unspecified atom stereocenters. The van der Waals surface area contributed by atoms with E-state index in [9.17, 15) is 4.39 Å². The summed E-state index contributed by atoms with van der Waals surface area (Å²) in [7, 11) is 3.80. The molecular formula is C18H32FIN4O. The average Bonchev–Trinajstić information content (AvgIpc) is 2.57. The molecule has 0 aliphatic heterocycles. The number of rotatable bonds is 10. The molecule has 0 saturated heterocycles. The Morgan fingerprint density at radius 3 is 2.68 bits per heavy atom. The van der Waals surface area contributed by atoms with Crippen molar-refractivity contribution in [3.63, 3.8) is 0 Å². The van der Waals surface area contributed by atoms with Gasteiger partial charge in [-0.25, -0.2) is 9.38 Å². The van der Waals surface area contributed by atoms with Gasteiger partial charge in [-0.3, -0.25) is 0 Å². The highest BCUT2D eigenvalue weighted by molar-refractivity contribution is 14.0. The molecule has 0 heterocycles. The number of hydrogen-bond acceptors (Lipinski definition) is 3. The van der Waals surface area contributed by atoms with Crippen LogP contribution in [0.4, 0.5) is 4.39 Å². The summed E-state index contributed by atoms with van der Waals surface area (Å²) in [4.78, 5) is 6.76. The van der Waals surface area contributed by atoms with E-state index < -0.39 is 0 Å². The van der Waals surface area contributed by atoms with Gasteiger partial charge in [-0.1, -0.05) is 12.1 Å². The Bertz CT molecular complexity index is 514. The third kappa shape index (κ3) is 10.6. The monoisotopic (exact) mass is 466 g/mol. The van der Waals surface area contributed by atoms with Crippen LogP contribution < -0.4 is 10.6 Å². The molecule has 1 rings (SSSR count). The lowest BCUT2D eigenvalue weighted by molar-refractivity contribution is 0.161. The fourth-order valence-electron chi connectivity index (χ4n) is 2.16. The fourth-order valence-corrected chi connectivity index (χ4v) is 2.16. The number of guanidine groups is 1. The molecule has 0 bridgehead atoms. The van der Waals surface area contributed by atoms with Gasteiger partial charge >= 0.3 is 0 Å². The zero-order valence-electron chi connectivity index (χ0n) is 15.8. The summed E-state index contributed by atoms with van der Waals surface area (Å²) < 4.78 is 18.6. The van der Waals surface area contributed by atoms with Gasteiger partial charge in [0.2, 0.25) is 0 Å². The van der Waals surface area contributed by atoms with Gasteiger partial charge in [-0.15, -0.1) is 24.0 Å². The van der Waals surface area contributed by atoms with Crippen molar-refractivity contribution in [1.82, 2.24) is 15.5 Å². The second kappa shape index (κ2) is 14.3. The second-order valence-corrected chi connectivity index (χ2v) is 5.86. The van der Waals surface area contributed by atoms with E-state index in [2.05, 4.69) is 27.6 Å². The number of halogens is 2. The minimum atomic E-state index is -0.181. The third-order valence-electron chi connectivity index (χ3n) is 3.69. The van der Waals surface area contributed by atoms with Gasteiger partial charge in [0.25, 0.3) is 0 Å². The Labute approximate surface area is 168 Å². The molecule has 1 aromatic rings. The zero-order valence-corrected chi connectivity index (χ0v) is 18.1. The van der Waals surface area contributed by atoms with Gasteiger partial charge in [0.1, 0.15) is 5.82 Å². The summed E-state index contributed by atoms with van der Waals surface area (Å²) in [6.45, 7) is 8.57. The first-order valence-electron chi connectivity index (χ1n) is 8.51. The lowest BCUT2D eigenvalue weighted by Crippen LogP contribution is -2.38. The van der Waals surface area contributed by atoms with E-state index in [1.54, 1.807) is 26.2 Å². The first-order valence-corrected chi connectivity index (χ1v) is 8.51. The van der Waals surface area contributed by atoms with Crippen LogP contribution in [0.1, 0.15) is 24.5 Å². The van der Waals surface area contributed by atoms with Crippen LogP contribution >= 0.6 is 24.0 Å². The number of hydrogen-bond donors (Lipinski definition) is 2. The molecule has 25 heavy (non-hydrogen) atoms. The molecule has 0 aromatic heterocycles. The summed E-state index contributed by atoms with van der Waals surface area (Å²) in [5, 5.41) is 6.53. The number of nitrogens with zero attached hydrogens (tertiary/aromatic N) is 2. The van der Waals surface area contributed by atoms with E-state index in [0.717, 1.165) is 50.7 Å². The summed E-state index contributed by atoms with van der Waals surface area (Å²) >= 11 is 0. The predicted molar refractivity (Wildman–Crippen MR) is 113 cm³/mol. The molecule has 0 atom stereocenters. The number of nitrogens with one attached hydrogen (secondary N) is 2. The summed E-state index contributed by atoms with van der Waals surface area (Å²) in [6, 6.07) is 5.25. The normalized spacial score (nSPS) is 11.4. The average molecular weight is 466 g/mol. The van der Waals surface area contributed by atoms with E-state index in [4.69, 9.17) is 4.74 Å². The Kier molecular flexibility index (Phi) is 13.7. The number of aryl methyl sites for hydroxylation is 1. The summed E-state index contributed by atoms with van der Waals surface area (Å²) in [6.07, 6.45) is 1.02. The minimum Gasteiger partial charge on any atom is -0.383 e. The predicted octanol–water partition coefficient (Wildman–Crippen LogP) is 2.78. The highest BCUT2D eigenvalue weighted by Gasteiger charge is 2.02.